The van der Waals surface area contributed by atoms with Crippen molar-refractivity contribution in [2.24, 2.45) is 0 Å². The van der Waals surface area contributed by atoms with Gasteiger partial charge in [-0.05, 0) is 13.0 Å². The summed E-state index contributed by atoms with van der Waals surface area (Å²) >= 11 is 0. The van der Waals surface area contributed by atoms with E-state index in [0.29, 0.717) is 37.8 Å². The maximum absolute atomic E-state index is 10.6. The zero-order valence-corrected chi connectivity index (χ0v) is 9.63. The van der Waals surface area contributed by atoms with Crippen molar-refractivity contribution in [2.45, 2.75) is 6.92 Å². The first-order valence-electron chi connectivity index (χ1n) is 5.43. The van der Waals surface area contributed by atoms with E-state index in [9.17, 15) is 4.79 Å². The fourth-order valence-corrected chi connectivity index (χ4v) is 1.78. The van der Waals surface area contributed by atoms with Gasteiger partial charge in [-0.3, -0.25) is 4.79 Å². The van der Waals surface area contributed by atoms with Gasteiger partial charge in [0.15, 0.2) is 0 Å². The Hall–Kier alpha value is -2.16. The monoisotopic (exact) mass is 231 g/mol. The minimum atomic E-state index is 0.380. The number of aromatic nitrogens is 2. The fraction of sp³-hybridized carbons (Fsp3) is 0.455. The largest absolute Gasteiger partial charge is 0.342 e. The minimum absolute atomic E-state index is 0.380. The summed E-state index contributed by atoms with van der Waals surface area (Å²) in [6.07, 6.45) is 0.856. The molecule has 1 aromatic rings. The molecule has 0 unspecified atom stereocenters. The molecule has 0 radical (unpaired) electrons. The topological polar surface area (TPSA) is 73.1 Å². The van der Waals surface area contributed by atoms with Crippen LogP contribution in [0.15, 0.2) is 6.07 Å². The van der Waals surface area contributed by atoms with Gasteiger partial charge in [0.05, 0.1) is 0 Å². The van der Waals surface area contributed by atoms with Crippen LogP contribution in [0.4, 0.5) is 5.95 Å². The molecule has 1 aliphatic rings. The quantitative estimate of drug-likeness (QED) is 0.666. The number of nitriles is 1. The standard InChI is InChI=1S/C11H13N5O/c1-9-6-10(7-12)14-11(13-9)16-4-2-15(8-17)3-5-16/h6,8H,2-5H2,1H3. The van der Waals surface area contributed by atoms with E-state index < -0.39 is 0 Å². The number of aryl methyl sites for hydroxylation is 1. The number of rotatable bonds is 2. The molecule has 0 aliphatic carbocycles. The van der Waals surface area contributed by atoms with Gasteiger partial charge in [0.25, 0.3) is 0 Å². The van der Waals surface area contributed by atoms with E-state index in [1.807, 2.05) is 17.9 Å². The average Bonchev–Trinajstić information content (AvgIpc) is 2.38. The van der Waals surface area contributed by atoms with Crippen LogP contribution in [-0.4, -0.2) is 47.5 Å². The number of hydrogen-bond donors (Lipinski definition) is 0. The van der Waals surface area contributed by atoms with Gasteiger partial charge < -0.3 is 9.80 Å². The fourth-order valence-electron chi connectivity index (χ4n) is 1.78. The molecule has 0 spiro atoms. The van der Waals surface area contributed by atoms with E-state index in [1.165, 1.54) is 0 Å². The highest BCUT2D eigenvalue weighted by Gasteiger charge is 2.18. The van der Waals surface area contributed by atoms with Crippen molar-refractivity contribution >= 4 is 12.4 Å². The van der Waals surface area contributed by atoms with Crippen LogP contribution in [0.25, 0.3) is 0 Å². The third-order valence-corrected chi connectivity index (χ3v) is 2.70. The third-order valence-electron chi connectivity index (χ3n) is 2.70. The van der Waals surface area contributed by atoms with Gasteiger partial charge in [0.2, 0.25) is 12.4 Å². The van der Waals surface area contributed by atoms with Gasteiger partial charge in [-0.25, -0.2) is 9.97 Å². The SMILES string of the molecule is Cc1cc(C#N)nc(N2CCN(C=O)CC2)n1. The molecule has 2 rings (SSSR count). The molecule has 88 valence electrons. The van der Waals surface area contributed by atoms with Crippen molar-refractivity contribution in [2.75, 3.05) is 31.1 Å². The summed E-state index contributed by atoms with van der Waals surface area (Å²) in [4.78, 5) is 22.8. The molecule has 0 aromatic carbocycles. The number of nitrogens with zero attached hydrogens (tertiary/aromatic N) is 5. The smallest absolute Gasteiger partial charge is 0.226 e. The number of anilines is 1. The highest BCUT2D eigenvalue weighted by Crippen LogP contribution is 2.12. The highest BCUT2D eigenvalue weighted by atomic mass is 16.1. The van der Waals surface area contributed by atoms with Crippen LogP contribution >= 0.6 is 0 Å². The minimum Gasteiger partial charge on any atom is -0.342 e. The summed E-state index contributed by atoms with van der Waals surface area (Å²) in [5.41, 5.74) is 1.16. The Morgan fingerprint density at radius 3 is 2.65 bits per heavy atom. The number of carbonyl (C=O) groups excluding carboxylic acids is 1. The van der Waals surface area contributed by atoms with Crippen LogP contribution in [0, 0.1) is 18.3 Å². The third kappa shape index (κ3) is 2.50. The highest BCUT2D eigenvalue weighted by molar-refractivity contribution is 5.48. The molecule has 1 fully saturated rings. The first-order chi connectivity index (χ1) is 8.22. The van der Waals surface area contributed by atoms with Crippen molar-refractivity contribution < 1.29 is 4.79 Å². The number of piperazine rings is 1. The molecular formula is C11H13N5O. The van der Waals surface area contributed by atoms with Gasteiger partial charge in [0.1, 0.15) is 11.8 Å². The van der Waals surface area contributed by atoms with Crippen molar-refractivity contribution in [3.63, 3.8) is 0 Å². The van der Waals surface area contributed by atoms with E-state index in [1.54, 1.807) is 11.0 Å². The lowest BCUT2D eigenvalue weighted by atomic mass is 10.3. The zero-order chi connectivity index (χ0) is 12.3. The molecular weight excluding hydrogens is 218 g/mol. The molecule has 1 aromatic heterocycles. The van der Waals surface area contributed by atoms with Gasteiger partial charge >= 0.3 is 0 Å². The number of hydrogen-bond acceptors (Lipinski definition) is 5. The molecule has 2 heterocycles. The van der Waals surface area contributed by atoms with Gasteiger partial charge in [-0.15, -0.1) is 0 Å². The molecule has 0 N–H and O–H groups in total. The first kappa shape index (κ1) is 11.3. The van der Waals surface area contributed by atoms with Crippen LogP contribution in [-0.2, 0) is 4.79 Å². The predicted molar refractivity (Wildman–Crippen MR) is 61.3 cm³/mol. The summed E-state index contributed by atoms with van der Waals surface area (Å²) < 4.78 is 0. The molecule has 1 aliphatic heterocycles. The summed E-state index contributed by atoms with van der Waals surface area (Å²) in [7, 11) is 0. The second-order valence-electron chi connectivity index (χ2n) is 3.93. The molecule has 1 amide bonds. The zero-order valence-electron chi connectivity index (χ0n) is 9.63. The number of carbonyl (C=O) groups is 1. The molecule has 6 heteroatoms. The van der Waals surface area contributed by atoms with Gasteiger partial charge in [0, 0.05) is 31.9 Å². The van der Waals surface area contributed by atoms with Crippen molar-refractivity contribution in [1.29, 1.82) is 5.26 Å². The Bertz CT molecular complexity index is 459. The summed E-state index contributed by atoms with van der Waals surface area (Å²) in [5.74, 6) is 0.576. The van der Waals surface area contributed by atoms with Crippen LogP contribution in [0.1, 0.15) is 11.4 Å². The van der Waals surface area contributed by atoms with E-state index in [0.717, 1.165) is 12.1 Å². The molecule has 1 saturated heterocycles. The normalized spacial score (nSPS) is 15.5. The van der Waals surface area contributed by atoms with Crippen LogP contribution in [0.5, 0.6) is 0 Å². The summed E-state index contributed by atoms with van der Waals surface area (Å²) in [5, 5.41) is 8.85. The molecule has 6 nitrogen and oxygen atoms in total. The lowest BCUT2D eigenvalue weighted by Gasteiger charge is -2.32. The maximum Gasteiger partial charge on any atom is 0.226 e. The van der Waals surface area contributed by atoms with Crippen molar-refractivity contribution in [1.82, 2.24) is 14.9 Å². The molecule has 0 bridgehead atoms. The van der Waals surface area contributed by atoms with Gasteiger partial charge in [-0.1, -0.05) is 0 Å². The van der Waals surface area contributed by atoms with E-state index >= 15 is 0 Å². The Kier molecular flexibility index (Phi) is 3.19. The van der Waals surface area contributed by atoms with Crippen LogP contribution in [0.3, 0.4) is 0 Å². The summed E-state index contributed by atoms with van der Waals surface area (Å²) in [6.45, 7) is 4.58. The number of amides is 1. The Morgan fingerprint density at radius 2 is 2.06 bits per heavy atom. The lowest BCUT2D eigenvalue weighted by Crippen LogP contribution is -2.46. The molecule has 0 saturated carbocycles. The molecule has 0 atom stereocenters. The van der Waals surface area contributed by atoms with E-state index in [-0.39, 0.29) is 0 Å². The second-order valence-corrected chi connectivity index (χ2v) is 3.93. The van der Waals surface area contributed by atoms with Crippen molar-refractivity contribution in [3.05, 3.63) is 17.5 Å². The van der Waals surface area contributed by atoms with E-state index in [2.05, 4.69) is 9.97 Å². The Balaban J connectivity index is 2.16. The first-order valence-corrected chi connectivity index (χ1v) is 5.43. The maximum atomic E-state index is 10.6. The van der Waals surface area contributed by atoms with E-state index in [4.69, 9.17) is 5.26 Å². The summed E-state index contributed by atoms with van der Waals surface area (Å²) in [6, 6.07) is 3.68. The van der Waals surface area contributed by atoms with Crippen molar-refractivity contribution in [3.8, 4) is 6.07 Å². The van der Waals surface area contributed by atoms with Gasteiger partial charge in [-0.2, -0.15) is 5.26 Å². The lowest BCUT2D eigenvalue weighted by molar-refractivity contribution is -0.118. The molecule has 17 heavy (non-hydrogen) atoms. The van der Waals surface area contributed by atoms with Crippen LogP contribution in [0.2, 0.25) is 0 Å². The second kappa shape index (κ2) is 4.78. The Labute approximate surface area is 99.5 Å². The average molecular weight is 231 g/mol. The Morgan fingerprint density at radius 1 is 1.35 bits per heavy atom. The van der Waals surface area contributed by atoms with Crippen LogP contribution < -0.4 is 4.90 Å². The predicted octanol–water partition coefficient (Wildman–Crippen LogP) is -0.0649.